The molecule has 0 bridgehead atoms. The third kappa shape index (κ3) is 5.98. The van der Waals surface area contributed by atoms with Gasteiger partial charge in [-0.25, -0.2) is 0 Å². The summed E-state index contributed by atoms with van der Waals surface area (Å²) in [6.45, 7) is 23.9. The summed E-state index contributed by atoms with van der Waals surface area (Å²) in [6.07, 6.45) is 8.57. The zero-order valence-corrected chi connectivity index (χ0v) is 27.0. The number of fused-ring (bicyclic) bond motifs is 1. The summed E-state index contributed by atoms with van der Waals surface area (Å²) < 4.78 is 13.6. The molecule has 2 saturated carbocycles. The van der Waals surface area contributed by atoms with Gasteiger partial charge >= 0.3 is 30.0 Å². The Balaban J connectivity index is 0.00000166. The first-order valence-corrected chi connectivity index (χ1v) is 22.2. The molecule has 1 saturated heterocycles. The zero-order valence-electron chi connectivity index (χ0n) is 21.5. The van der Waals surface area contributed by atoms with Crippen molar-refractivity contribution in [2.24, 2.45) is 23.2 Å². The summed E-state index contributed by atoms with van der Waals surface area (Å²) in [7, 11) is -1.59. The van der Waals surface area contributed by atoms with Crippen LogP contribution < -0.4 is 0 Å². The molecule has 0 unspecified atom stereocenters. The van der Waals surface area contributed by atoms with Crippen LogP contribution in [0.2, 0.25) is 18.1 Å². The average molecular weight is 565 g/mol. The number of allylic oxidation sites excluding steroid dienone is 1. The molecule has 0 aromatic heterocycles. The van der Waals surface area contributed by atoms with Crippen LogP contribution in [0, 0.1) is 29.7 Å². The van der Waals surface area contributed by atoms with Crippen molar-refractivity contribution in [2.75, 3.05) is 6.61 Å². The van der Waals surface area contributed by atoms with E-state index in [2.05, 4.69) is 62.1 Å². The van der Waals surface area contributed by atoms with Gasteiger partial charge in [0.05, 0.1) is 17.8 Å². The first kappa shape index (κ1) is 28.2. The normalized spacial score (nSPS) is 36.2. The van der Waals surface area contributed by atoms with Crippen molar-refractivity contribution >= 4 is 21.9 Å². The average Bonchev–Trinajstić information content (AvgIpc) is 3.28. The van der Waals surface area contributed by atoms with Crippen LogP contribution in [0.4, 0.5) is 0 Å². The second-order valence-electron chi connectivity index (χ2n) is 11.6. The molecule has 3 rings (SSSR count). The van der Waals surface area contributed by atoms with Crippen LogP contribution in [0.3, 0.4) is 0 Å². The van der Waals surface area contributed by atoms with Gasteiger partial charge in [0, 0.05) is 0 Å². The van der Waals surface area contributed by atoms with Crippen LogP contribution in [0.5, 0.6) is 0 Å². The Labute approximate surface area is 211 Å². The van der Waals surface area contributed by atoms with E-state index in [9.17, 15) is 0 Å². The van der Waals surface area contributed by atoms with Gasteiger partial charge in [-0.2, -0.15) is 0 Å². The van der Waals surface area contributed by atoms with Gasteiger partial charge in [-0.15, -0.1) is 0 Å². The summed E-state index contributed by atoms with van der Waals surface area (Å²) in [6, 6.07) is 3.67. The van der Waals surface area contributed by atoms with Crippen molar-refractivity contribution in [3.05, 3.63) is 12.2 Å². The predicted octanol–water partition coefficient (Wildman–Crippen LogP) is 8.39. The minimum absolute atomic E-state index is 0.0106. The molecule has 1 heterocycles. The van der Waals surface area contributed by atoms with E-state index in [-0.39, 0.29) is 11.2 Å². The monoisotopic (exact) mass is 562 g/mol. The van der Waals surface area contributed by atoms with Gasteiger partial charge in [0.1, 0.15) is 0 Å². The minimum atomic E-state index is -1.59. The van der Waals surface area contributed by atoms with E-state index in [0.29, 0.717) is 23.2 Å². The first-order valence-electron chi connectivity index (χ1n) is 12.7. The van der Waals surface area contributed by atoms with E-state index in [0.717, 1.165) is 19.4 Å². The number of halogens is 1. The third-order valence-electron chi connectivity index (χ3n) is 9.25. The Kier molecular flexibility index (Phi) is 10.1. The molecule has 0 spiro atoms. The quantitative estimate of drug-likeness (QED) is 0.218. The van der Waals surface area contributed by atoms with Crippen LogP contribution in [-0.2, 0) is 25.5 Å². The summed E-state index contributed by atoms with van der Waals surface area (Å²) in [5.41, 5.74) is 1.58. The van der Waals surface area contributed by atoms with Gasteiger partial charge in [0.25, 0.3) is 0 Å². The molecule has 0 aromatic rings. The Morgan fingerprint density at radius 3 is 2.35 bits per heavy atom. The molecular formula is C26H47BrO2SiZn. The molecule has 2 nitrogen and oxygen atoms in total. The topological polar surface area (TPSA) is 18.5 Å². The van der Waals surface area contributed by atoms with Crippen molar-refractivity contribution in [3.63, 3.8) is 0 Å². The van der Waals surface area contributed by atoms with Crippen molar-refractivity contribution in [2.45, 2.75) is 123 Å². The Morgan fingerprint density at radius 1 is 1.16 bits per heavy atom. The Morgan fingerprint density at radius 2 is 1.77 bits per heavy atom. The molecule has 176 valence electrons. The molecule has 3 aliphatic rings. The molecule has 3 fully saturated rings. The molecule has 0 N–H and O–H groups in total. The molecular weight excluding hydrogens is 518 g/mol. The Bertz CT molecular complexity index is 600. The molecule has 1 aliphatic heterocycles. The van der Waals surface area contributed by atoms with E-state index < -0.39 is 8.32 Å². The number of hydrogen-bond donors (Lipinski definition) is 0. The SMILES string of the molecule is [CH-]=C1CCC[C@@]2(C)[C@H]1CC[C@@H]2[C@]1(C)C[C@H](CC(C)(C)O[Si](CC)(CC)CC)CO1.[Zn+][Br]. The van der Waals surface area contributed by atoms with E-state index in [1.807, 2.05) is 0 Å². The molecule has 0 radical (unpaired) electrons. The molecule has 5 atom stereocenters. The fourth-order valence-corrected chi connectivity index (χ4v) is 10.9. The summed E-state index contributed by atoms with van der Waals surface area (Å²) in [5, 5.41) is 0. The van der Waals surface area contributed by atoms with E-state index in [1.165, 1.54) is 72.2 Å². The standard InChI is InChI=1S/C26H47O2Si.BrH.Zn/c1-9-29(10-2,11-3)28-24(5,6)17-21-18-26(8,27-19-21)23-15-14-22-20(4)13-12-16-25(22,23)7;;/h4,21-23H,9-19H2,1-3,5-8H3;1H;/q-1;;+2/p-1/t21-,22-,23-,25-,26-;;/m0../s1. The number of hydrogen-bond acceptors (Lipinski definition) is 2. The van der Waals surface area contributed by atoms with E-state index in [4.69, 9.17) is 15.7 Å². The van der Waals surface area contributed by atoms with Crippen molar-refractivity contribution in [1.29, 1.82) is 0 Å². The molecule has 0 aromatic carbocycles. The van der Waals surface area contributed by atoms with Crippen LogP contribution >= 0.6 is 13.6 Å². The maximum atomic E-state index is 6.91. The van der Waals surface area contributed by atoms with Gasteiger partial charge in [-0.1, -0.05) is 40.5 Å². The zero-order chi connectivity index (χ0) is 23.5. The van der Waals surface area contributed by atoms with Crippen molar-refractivity contribution < 1.29 is 25.5 Å². The molecule has 5 heteroatoms. The van der Waals surface area contributed by atoms with Gasteiger partial charge in [0.2, 0.25) is 0 Å². The molecule has 2 aliphatic carbocycles. The third-order valence-corrected chi connectivity index (χ3v) is 14.1. The van der Waals surface area contributed by atoms with Crippen molar-refractivity contribution in [1.82, 2.24) is 0 Å². The van der Waals surface area contributed by atoms with Crippen LogP contribution in [0.25, 0.3) is 0 Å². The van der Waals surface area contributed by atoms with Gasteiger partial charge < -0.3 is 15.7 Å². The fraction of sp³-hybridized carbons (Fsp3) is 0.923. The van der Waals surface area contributed by atoms with Crippen LogP contribution in [0.15, 0.2) is 5.57 Å². The van der Waals surface area contributed by atoms with Crippen molar-refractivity contribution in [3.8, 4) is 0 Å². The fourth-order valence-electron chi connectivity index (χ4n) is 7.71. The second kappa shape index (κ2) is 11.1. The number of ether oxygens (including phenoxy) is 1. The van der Waals surface area contributed by atoms with Gasteiger partial charge in [-0.05, 0) is 94.2 Å². The van der Waals surface area contributed by atoms with Gasteiger partial charge in [0.15, 0.2) is 8.32 Å². The van der Waals surface area contributed by atoms with E-state index >= 15 is 0 Å². The van der Waals surface area contributed by atoms with E-state index in [1.54, 1.807) is 0 Å². The van der Waals surface area contributed by atoms with Crippen LogP contribution in [0.1, 0.15) is 93.4 Å². The summed E-state index contributed by atoms with van der Waals surface area (Å²) in [4.78, 5) is 0. The molecule has 31 heavy (non-hydrogen) atoms. The summed E-state index contributed by atoms with van der Waals surface area (Å²) in [5.74, 6) is 1.87. The maximum absolute atomic E-state index is 6.91. The van der Waals surface area contributed by atoms with Gasteiger partial charge in [-0.3, -0.25) is 5.57 Å². The Hall–Kier alpha value is 0.980. The number of rotatable bonds is 8. The predicted molar refractivity (Wildman–Crippen MR) is 134 cm³/mol. The van der Waals surface area contributed by atoms with Crippen LogP contribution in [-0.4, -0.2) is 26.1 Å². The second-order valence-corrected chi connectivity index (χ2v) is 16.3. The summed E-state index contributed by atoms with van der Waals surface area (Å²) >= 11 is 4.25. The molecule has 0 amide bonds. The first-order chi connectivity index (χ1) is 14.5.